The molecule has 20 heavy (non-hydrogen) atoms. The average molecular weight is 300 g/mol. The Labute approximate surface area is 122 Å². The minimum Gasteiger partial charge on any atom is -0.266 e. The molecule has 0 amide bonds. The van der Waals surface area contributed by atoms with Gasteiger partial charge in [-0.3, -0.25) is 4.79 Å². The largest absolute Gasteiger partial charge is 0.291 e. The SMILES string of the molecule is N#Cc1cn2nc(SCc3ccccc3)sc2nc1=O. The molecule has 0 saturated carbocycles. The molecule has 0 N–H and O–H groups in total. The van der Waals surface area contributed by atoms with Gasteiger partial charge in [-0.2, -0.15) is 10.2 Å². The second kappa shape index (κ2) is 5.45. The van der Waals surface area contributed by atoms with Crippen LogP contribution in [-0.4, -0.2) is 14.6 Å². The zero-order valence-corrected chi connectivity index (χ0v) is 11.8. The summed E-state index contributed by atoms with van der Waals surface area (Å²) in [5.41, 5.74) is 0.708. The van der Waals surface area contributed by atoms with Crippen LogP contribution in [0.25, 0.3) is 4.96 Å². The Morgan fingerprint density at radius 2 is 2.15 bits per heavy atom. The zero-order valence-electron chi connectivity index (χ0n) is 10.2. The maximum Gasteiger partial charge on any atom is 0.291 e. The van der Waals surface area contributed by atoms with Crippen molar-refractivity contribution in [3.8, 4) is 6.07 Å². The van der Waals surface area contributed by atoms with Gasteiger partial charge in [0, 0.05) is 5.75 Å². The van der Waals surface area contributed by atoms with Crippen LogP contribution in [0.1, 0.15) is 11.1 Å². The Hall–Kier alpha value is -2.17. The number of nitrogens with zero attached hydrogens (tertiary/aromatic N) is 4. The van der Waals surface area contributed by atoms with Crippen LogP contribution in [0.5, 0.6) is 0 Å². The molecule has 0 aliphatic carbocycles. The molecule has 0 fully saturated rings. The van der Waals surface area contributed by atoms with Crippen LogP contribution < -0.4 is 5.56 Å². The van der Waals surface area contributed by atoms with Gasteiger partial charge in [-0.1, -0.05) is 53.4 Å². The number of hydrogen-bond acceptors (Lipinski definition) is 6. The van der Waals surface area contributed by atoms with Gasteiger partial charge in [0.25, 0.3) is 5.56 Å². The first-order valence-corrected chi connectivity index (χ1v) is 7.54. The van der Waals surface area contributed by atoms with Crippen LogP contribution in [0.2, 0.25) is 0 Å². The third-order valence-corrected chi connectivity index (χ3v) is 4.70. The first kappa shape index (κ1) is 12.8. The summed E-state index contributed by atoms with van der Waals surface area (Å²) in [5.74, 6) is 0.802. The Morgan fingerprint density at radius 3 is 2.90 bits per heavy atom. The zero-order chi connectivity index (χ0) is 13.9. The van der Waals surface area contributed by atoms with Gasteiger partial charge in [0.1, 0.15) is 11.6 Å². The maximum absolute atomic E-state index is 11.5. The van der Waals surface area contributed by atoms with Crippen LogP contribution in [0.4, 0.5) is 0 Å². The Morgan fingerprint density at radius 1 is 1.35 bits per heavy atom. The second-order valence-corrected chi connectivity index (χ2v) is 6.12. The monoisotopic (exact) mass is 300 g/mol. The van der Waals surface area contributed by atoms with E-state index in [9.17, 15) is 4.79 Å². The van der Waals surface area contributed by atoms with E-state index in [-0.39, 0.29) is 5.56 Å². The Bertz CT molecular complexity index is 848. The summed E-state index contributed by atoms with van der Waals surface area (Å²) in [6.45, 7) is 0. The topological polar surface area (TPSA) is 71.1 Å². The van der Waals surface area contributed by atoms with Gasteiger partial charge in [0.05, 0.1) is 6.20 Å². The highest BCUT2D eigenvalue weighted by Gasteiger charge is 2.08. The van der Waals surface area contributed by atoms with Crippen molar-refractivity contribution in [3.63, 3.8) is 0 Å². The molecule has 0 atom stereocenters. The summed E-state index contributed by atoms with van der Waals surface area (Å²) in [6, 6.07) is 11.9. The predicted octanol–water partition coefficient (Wildman–Crippen LogP) is 2.31. The summed E-state index contributed by atoms with van der Waals surface area (Å²) in [6.07, 6.45) is 1.42. The molecule has 2 aromatic heterocycles. The molecule has 7 heteroatoms. The van der Waals surface area contributed by atoms with Crippen LogP contribution >= 0.6 is 23.1 Å². The van der Waals surface area contributed by atoms with Crippen LogP contribution in [0, 0.1) is 11.3 Å². The molecule has 3 aromatic rings. The summed E-state index contributed by atoms with van der Waals surface area (Å²) >= 11 is 2.92. The lowest BCUT2D eigenvalue weighted by Gasteiger charge is -1.96. The first-order chi connectivity index (χ1) is 9.76. The molecule has 0 saturated heterocycles. The van der Waals surface area contributed by atoms with E-state index in [4.69, 9.17) is 5.26 Å². The van der Waals surface area contributed by atoms with Crippen molar-refractivity contribution in [2.75, 3.05) is 0 Å². The van der Waals surface area contributed by atoms with E-state index >= 15 is 0 Å². The fraction of sp³-hybridized carbons (Fsp3) is 0.0769. The highest BCUT2D eigenvalue weighted by Crippen LogP contribution is 2.26. The van der Waals surface area contributed by atoms with Gasteiger partial charge in [0.2, 0.25) is 4.96 Å². The summed E-state index contributed by atoms with van der Waals surface area (Å²) in [4.78, 5) is 15.8. The molecule has 0 unspecified atom stereocenters. The molecule has 3 rings (SSSR count). The molecule has 0 aliphatic heterocycles. The van der Waals surface area contributed by atoms with E-state index in [0.29, 0.717) is 4.96 Å². The fourth-order valence-corrected chi connectivity index (χ4v) is 3.48. The normalized spacial score (nSPS) is 10.6. The first-order valence-electron chi connectivity index (χ1n) is 5.73. The molecule has 1 aromatic carbocycles. The molecule has 0 aliphatic rings. The van der Waals surface area contributed by atoms with Gasteiger partial charge in [0.15, 0.2) is 4.34 Å². The number of aromatic nitrogens is 3. The van der Waals surface area contributed by atoms with E-state index in [1.54, 1.807) is 11.8 Å². The maximum atomic E-state index is 11.5. The van der Waals surface area contributed by atoms with Crippen molar-refractivity contribution in [1.82, 2.24) is 14.6 Å². The third kappa shape index (κ3) is 2.57. The van der Waals surface area contributed by atoms with Gasteiger partial charge in [-0.05, 0) is 5.56 Å². The van der Waals surface area contributed by atoms with Gasteiger partial charge in [-0.25, -0.2) is 4.52 Å². The number of thioether (sulfide) groups is 1. The minimum atomic E-state index is -0.504. The number of nitriles is 1. The van der Waals surface area contributed by atoms with E-state index in [0.717, 1.165) is 10.1 Å². The number of benzene rings is 1. The highest BCUT2D eigenvalue weighted by atomic mass is 32.2. The number of hydrogen-bond donors (Lipinski definition) is 0. The van der Waals surface area contributed by atoms with Gasteiger partial charge in [-0.15, -0.1) is 5.10 Å². The second-order valence-electron chi connectivity index (χ2n) is 3.94. The van der Waals surface area contributed by atoms with Crippen molar-refractivity contribution in [2.45, 2.75) is 10.1 Å². The number of fused-ring (bicyclic) bond motifs is 1. The van der Waals surface area contributed by atoms with Crippen molar-refractivity contribution in [2.24, 2.45) is 0 Å². The van der Waals surface area contributed by atoms with Crippen molar-refractivity contribution < 1.29 is 0 Å². The summed E-state index contributed by atoms with van der Waals surface area (Å²) in [5, 5.41) is 13.1. The van der Waals surface area contributed by atoms with Crippen LogP contribution in [-0.2, 0) is 5.75 Å². The van der Waals surface area contributed by atoms with E-state index in [1.165, 1.54) is 27.6 Å². The van der Waals surface area contributed by atoms with Crippen LogP contribution in [0.15, 0.2) is 45.7 Å². The Balaban J connectivity index is 1.86. The average Bonchev–Trinajstić information content (AvgIpc) is 2.87. The predicted molar refractivity (Wildman–Crippen MR) is 77.9 cm³/mol. The fourth-order valence-electron chi connectivity index (χ4n) is 1.61. The van der Waals surface area contributed by atoms with E-state index < -0.39 is 5.56 Å². The summed E-state index contributed by atoms with van der Waals surface area (Å²) < 4.78 is 2.30. The molecule has 2 heterocycles. The number of rotatable bonds is 3. The quantitative estimate of drug-likeness (QED) is 0.694. The third-order valence-electron chi connectivity index (χ3n) is 2.57. The van der Waals surface area contributed by atoms with Gasteiger partial charge >= 0.3 is 0 Å². The van der Waals surface area contributed by atoms with Gasteiger partial charge < -0.3 is 0 Å². The molecular formula is C13H8N4OS2. The summed E-state index contributed by atoms with van der Waals surface area (Å²) in [7, 11) is 0. The minimum absolute atomic E-state index is 0.00686. The lowest BCUT2D eigenvalue weighted by Crippen LogP contribution is -2.11. The van der Waals surface area contributed by atoms with Crippen molar-refractivity contribution in [1.29, 1.82) is 5.26 Å². The smallest absolute Gasteiger partial charge is 0.266 e. The molecule has 5 nitrogen and oxygen atoms in total. The van der Waals surface area contributed by atoms with E-state index in [1.807, 2.05) is 24.3 Å². The molecule has 98 valence electrons. The van der Waals surface area contributed by atoms with Crippen LogP contribution in [0.3, 0.4) is 0 Å². The van der Waals surface area contributed by atoms with Crippen molar-refractivity contribution >= 4 is 28.1 Å². The molecule has 0 spiro atoms. The standard InChI is InChI=1S/C13H8N4OS2/c14-6-10-7-17-12(15-11(10)18)20-13(16-17)19-8-9-4-2-1-3-5-9/h1-5,7H,8H2. The Kier molecular flexibility index (Phi) is 3.50. The highest BCUT2D eigenvalue weighted by molar-refractivity contribution is 8.00. The van der Waals surface area contributed by atoms with E-state index in [2.05, 4.69) is 22.2 Å². The lowest BCUT2D eigenvalue weighted by atomic mass is 10.2. The lowest BCUT2D eigenvalue weighted by molar-refractivity contribution is 0.880. The molecule has 0 radical (unpaired) electrons. The molecular weight excluding hydrogens is 292 g/mol. The molecule has 0 bridgehead atoms. The van der Waals surface area contributed by atoms with Crippen molar-refractivity contribution in [3.05, 3.63) is 58.0 Å².